The fourth-order valence-corrected chi connectivity index (χ4v) is 3.49. The predicted octanol–water partition coefficient (Wildman–Crippen LogP) is 2.93. The summed E-state index contributed by atoms with van der Waals surface area (Å²) in [6.45, 7) is 1.67. The number of hydrogen-bond acceptors (Lipinski definition) is 5. The number of aromatic amines is 1. The minimum atomic E-state index is 0.378. The molecule has 120 valence electrons. The number of rotatable bonds is 7. The van der Waals surface area contributed by atoms with Gasteiger partial charge in [-0.2, -0.15) is 5.10 Å². The van der Waals surface area contributed by atoms with E-state index >= 15 is 0 Å². The zero-order valence-electron chi connectivity index (χ0n) is 13.4. The lowest BCUT2D eigenvalue weighted by atomic mass is 10.1. The first kappa shape index (κ1) is 15.9. The van der Waals surface area contributed by atoms with Crippen molar-refractivity contribution in [3.63, 3.8) is 0 Å². The largest absolute Gasteiger partial charge is 0.311 e. The minimum Gasteiger partial charge on any atom is -0.311 e. The zero-order chi connectivity index (χ0) is 16.1. The van der Waals surface area contributed by atoms with E-state index in [0.717, 1.165) is 29.9 Å². The Morgan fingerprint density at radius 2 is 2.17 bits per heavy atom. The average Bonchev–Trinajstić information content (AvgIpc) is 3.23. The summed E-state index contributed by atoms with van der Waals surface area (Å²) in [5.41, 5.74) is 3.24. The summed E-state index contributed by atoms with van der Waals surface area (Å²) >= 11 is 1.80. The first-order chi connectivity index (χ1) is 11.3. The summed E-state index contributed by atoms with van der Waals surface area (Å²) in [4.78, 5) is 7.80. The average molecular weight is 327 g/mol. The van der Waals surface area contributed by atoms with Gasteiger partial charge in [0.05, 0.1) is 17.9 Å². The van der Waals surface area contributed by atoms with Crippen LogP contribution >= 0.6 is 11.3 Å². The number of nitrogens with zero attached hydrogens (tertiary/aromatic N) is 3. The molecule has 3 aromatic rings. The third-order valence-electron chi connectivity index (χ3n) is 3.82. The van der Waals surface area contributed by atoms with Gasteiger partial charge < -0.3 is 10.2 Å². The van der Waals surface area contributed by atoms with Crippen LogP contribution in [0.4, 0.5) is 0 Å². The highest BCUT2D eigenvalue weighted by molar-refractivity contribution is 7.10. The van der Waals surface area contributed by atoms with Crippen molar-refractivity contribution in [1.29, 1.82) is 0 Å². The van der Waals surface area contributed by atoms with Gasteiger partial charge in [0.2, 0.25) is 0 Å². The highest BCUT2D eigenvalue weighted by atomic mass is 32.1. The smallest absolute Gasteiger partial charge is 0.0710 e. The fourth-order valence-electron chi connectivity index (χ4n) is 2.57. The van der Waals surface area contributed by atoms with Crippen LogP contribution in [0, 0.1) is 0 Å². The molecule has 6 heteroatoms. The Labute approximate surface area is 140 Å². The van der Waals surface area contributed by atoms with Crippen molar-refractivity contribution in [1.82, 2.24) is 25.4 Å². The summed E-state index contributed by atoms with van der Waals surface area (Å²) in [6, 6.07) is 8.65. The van der Waals surface area contributed by atoms with Crippen molar-refractivity contribution < 1.29 is 0 Å². The van der Waals surface area contributed by atoms with E-state index in [1.54, 1.807) is 17.5 Å². The van der Waals surface area contributed by atoms with Gasteiger partial charge in [-0.25, -0.2) is 0 Å². The minimum absolute atomic E-state index is 0.378. The summed E-state index contributed by atoms with van der Waals surface area (Å²) in [5.74, 6) is 0. The molecule has 0 bridgehead atoms. The van der Waals surface area contributed by atoms with E-state index in [-0.39, 0.29) is 0 Å². The van der Waals surface area contributed by atoms with E-state index in [0.29, 0.717) is 6.04 Å². The van der Waals surface area contributed by atoms with Crippen LogP contribution in [0.2, 0.25) is 0 Å². The fraction of sp³-hybridized carbons (Fsp3) is 0.294. The molecule has 0 aromatic carbocycles. The van der Waals surface area contributed by atoms with E-state index in [1.165, 1.54) is 4.88 Å². The molecule has 0 amide bonds. The molecule has 2 N–H and O–H groups in total. The van der Waals surface area contributed by atoms with Crippen molar-refractivity contribution in [3.8, 4) is 11.3 Å². The maximum atomic E-state index is 4.18. The van der Waals surface area contributed by atoms with Crippen LogP contribution in [0.25, 0.3) is 11.3 Å². The molecule has 0 spiro atoms. The van der Waals surface area contributed by atoms with Crippen LogP contribution < -0.4 is 5.32 Å². The van der Waals surface area contributed by atoms with Gasteiger partial charge in [0.1, 0.15) is 0 Å². The third-order valence-corrected chi connectivity index (χ3v) is 4.79. The van der Waals surface area contributed by atoms with Crippen LogP contribution in [0.5, 0.6) is 0 Å². The Bertz CT molecular complexity index is 706. The van der Waals surface area contributed by atoms with Crippen LogP contribution in [0.1, 0.15) is 16.5 Å². The lowest BCUT2D eigenvalue weighted by molar-refractivity contribution is 0.292. The van der Waals surface area contributed by atoms with Gasteiger partial charge >= 0.3 is 0 Å². The van der Waals surface area contributed by atoms with Gasteiger partial charge in [0.25, 0.3) is 0 Å². The van der Waals surface area contributed by atoms with Crippen LogP contribution in [0.3, 0.4) is 0 Å². The number of aromatic nitrogens is 3. The molecule has 5 nitrogen and oxygen atoms in total. The molecule has 3 rings (SSSR count). The number of nitrogens with one attached hydrogen (secondary N) is 2. The summed E-state index contributed by atoms with van der Waals surface area (Å²) in [5, 5.41) is 12.9. The maximum Gasteiger partial charge on any atom is 0.0710 e. The van der Waals surface area contributed by atoms with Crippen molar-refractivity contribution in [2.45, 2.75) is 12.6 Å². The second-order valence-electron chi connectivity index (χ2n) is 5.64. The molecule has 0 saturated carbocycles. The number of thiophene rings is 1. The first-order valence-electron chi connectivity index (χ1n) is 7.59. The van der Waals surface area contributed by atoms with Gasteiger partial charge in [-0.3, -0.25) is 10.1 Å². The highest BCUT2D eigenvalue weighted by Gasteiger charge is 2.15. The van der Waals surface area contributed by atoms with E-state index in [9.17, 15) is 0 Å². The van der Waals surface area contributed by atoms with Crippen LogP contribution in [-0.2, 0) is 6.54 Å². The molecule has 0 radical (unpaired) electrons. The molecule has 1 unspecified atom stereocenters. The van der Waals surface area contributed by atoms with Crippen LogP contribution in [0.15, 0.2) is 48.2 Å². The molecule has 0 saturated heterocycles. The monoisotopic (exact) mass is 327 g/mol. The molecule has 23 heavy (non-hydrogen) atoms. The Morgan fingerprint density at radius 1 is 1.26 bits per heavy atom. The Hall–Kier alpha value is -2.02. The van der Waals surface area contributed by atoms with Gasteiger partial charge in [-0.05, 0) is 37.7 Å². The van der Waals surface area contributed by atoms with Gasteiger partial charge in [-0.1, -0.05) is 6.07 Å². The second-order valence-corrected chi connectivity index (χ2v) is 6.62. The zero-order valence-corrected chi connectivity index (χ0v) is 14.2. The molecule has 0 fully saturated rings. The number of likely N-dealkylation sites (N-methyl/N-ethyl adjacent to an activating group) is 1. The van der Waals surface area contributed by atoms with Crippen molar-refractivity contribution in [2.75, 3.05) is 20.6 Å². The Kier molecular flexibility index (Phi) is 5.17. The molecule has 0 aliphatic heterocycles. The van der Waals surface area contributed by atoms with Crippen molar-refractivity contribution >= 4 is 11.3 Å². The van der Waals surface area contributed by atoms with E-state index in [2.05, 4.69) is 57.0 Å². The number of H-pyrrole nitrogens is 1. The SMILES string of the molecule is CN(C)C(CNCc1cn[nH]c1-c1cccnc1)c1cccs1. The van der Waals surface area contributed by atoms with Crippen molar-refractivity contribution in [2.24, 2.45) is 0 Å². The normalized spacial score (nSPS) is 12.7. The molecule has 3 heterocycles. The molecule has 0 aliphatic rings. The van der Waals surface area contributed by atoms with Gasteiger partial charge in [0.15, 0.2) is 0 Å². The van der Waals surface area contributed by atoms with E-state index in [4.69, 9.17) is 0 Å². The molecular formula is C17H21N5S. The predicted molar refractivity (Wildman–Crippen MR) is 94.3 cm³/mol. The number of hydrogen-bond donors (Lipinski definition) is 2. The molecule has 0 aliphatic carbocycles. The molecule has 1 atom stereocenters. The molecular weight excluding hydrogens is 306 g/mol. The summed E-state index contributed by atoms with van der Waals surface area (Å²) < 4.78 is 0. The first-order valence-corrected chi connectivity index (χ1v) is 8.47. The molecule has 3 aromatic heterocycles. The summed E-state index contributed by atoms with van der Waals surface area (Å²) in [7, 11) is 4.23. The topological polar surface area (TPSA) is 56.8 Å². The van der Waals surface area contributed by atoms with E-state index in [1.807, 2.05) is 24.5 Å². The number of pyridine rings is 1. The lowest BCUT2D eigenvalue weighted by Crippen LogP contribution is -2.30. The lowest BCUT2D eigenvalue weighted by Gasteiger charge is -2.23. The second kappa shape index (κ2) is 7.50. The Morgan fingerprint density at radius 3 is 2.87 bits per heavy atom. The van der Waals surface area contributed by atoms with Gasteiger partial charge in [0, 0.05) is 41.5 Å². The van der Waals surface area contributed by atoms with Crippen LogP contribution in [-0.4, -0.2) is 40.7 Å². The highest BCUT2D eigenvalue weighted by Crippen LogP contribution is 2.23. The standard InChI is InChI=1S/C17H21N5S/c1-22(2)15(16-6-4-8-23-16)12-19-10-14-11-20-21-17(14)13-5-3-7-18-9-13/h3-9,11,15,19H,10,12H2,1-2H3,(H,20,21). The quantitative estimate of drug-likeness (QED) is 0.700. The van der Waals surface area contributed by atoms with Crippen molar-refractivity contribution in [3.05, 3.63) is 58.7 Å². The summed E-state index contributed by atoms with van der Waals surface area (Å²) in [6.07, 6.45) is 5.51. The van der Waals surface area contributed by atoms with E-state index < -0.39 is 0 Å². The Balaban J connectivity index is 1.64. The van der Waals surface area contributed by atoms with Gasteiger partial charge in [-0.15, -0.1) is 11.3 Å². The maximum absolute atomic E-state index is 4.18. The third kappa shape index (κ3) is 3.85.